The summed E-state index contributed by atoms with van der Waals surface area (Å²) in [5.74, 6) is 0.980. The highest BCUT2D eigenvalue weighted by molar-refractivity contribution is 6.30. The lowest BCUT2D eigenvalue weighted by Crippen LogP contribution is -2.16. The molecular weight excluding hydrogens is 330 g/mol. The second-order valence-corrected chi connectivity index (χ2v) is 5.34. The molecule has 0 atom stereocenters. The molecule has 2 aromatic heterocycles. The minimum atomic E-state index is -0.276. The number of ether oxygens (including phenoxy) is 1. The fourth-order valence-electron chi connectivity index (χ4n) is 2.16. The van der Waals surface area contributed by atoms with Crippen LogP contribution in [0.5, 0.6) is 5.75 Å². The largest absolute Gasteiger partial charge is 0.496 e. The van der Waals surface area contributed by atoms with Crippen LogP contribution in [-0.2, 0) is 11.2 Å². The first kappa shape index (κ1) is 15.9. The summed E-state index contributed by atoms with van der Waals surface area (Å²) in [5, 5.41) is 9.88. The average molecular weight is 344 g/mol. The van der Waals surface area contributed by atoms with Crippen molar-refractivity contribution >= 4 is 23.5 Å². The Morgan fingerprint density at radius 3 is 2.96 bits per heavy atom. The van der Waals surface area contributed by atoms with Crippen LogP contribution in [0.1, 0.15) is 5.56 Å². The number of pyridine rings is 1. The molecule has 0 spiro atoms. The third-order valence-corrected chi connectivity index (χ3v) is 3.47. The molecule has 2 heterocycles. The maximum atomic E-state index is 12.2. The van der Waals surface area contributed by atoms with Crippen molar-refractivity contribution in [1.29, 1.82) is 0 Å². The van der Waals surface area contributed by atoms with Gasteiger partial charge in [0.15, 0.2) is 5.82 Å². The number of halogens is 1. The average Bonchev–Trinajstić information content (AvgIpc) is 3.04. The van der Waals surface area contributed by atoms with Gasteiger partial charge in [0.2, 0.25) is 11.9 Å². The molecule has 0 saturated heterocycles. The standard InChI is InChI=1S/C16H14ClN5O2/c1-24-13-6-5-11(17)8-10(13)9-14(23)19-16-20-15(21-22-16)12-4-2-3-7-18-12/h2-8H,9H2,1H3,(H2,19,20,21,22,23). The van der Waals surface area contributed by atoms with E-state index >= 15 is 0 Å². The molecule has 7 nitrogen and oxygen atoms in total. The third kappa shape index (κ3) is 3.69. The topological polar surface area (TPSA) is 92.8 Å². The zero-order chi connectivity index (χ0) is 16.9. The Hall–Kier alpha value is -2.93. The van der Waals surface area contributed by atoms with Gasteiger partial charge in [-0.2, -0.15) is 4.98 Å². The van der Waals surface area contributed by atoms with Crippen LogP contribution >= 0.6 is 11.6 Å². The summed E-state index contributed by atoms with van der Waals surface area (Å²) in [7, 11) is 1.54. The van der Waals surface area contributed by atoms with Crippen LogP contribution in [0.25, 0.3) is 11.5 Å². The van der Waals surface area contributed by atoms with Gasteiger partial charge in [0, 0.05) is 16.8 Å². The van der Waals surface area contributed by atoms with Crippen molar-refractivity contribution in [1.82, 2.24) is 20.2 Å². The molecule has 0 saturated carbocycles. The SMILES string of the molecule is COc1ccc(Cl)cc1CC(=O)Nc1n[nH]c(-c2ccccn2)n1. The number of carbonyl (C=O) groups excluding carboxylic acids is 1. The van der Waals surface area contributed by atoms with Gasteiger partial charge in [-0.25, -0.2) is 0 Å². The molecular formula is C16H14ClN5O2. The van der Waals surface area contributed by atoms with Crippen molar-refractivity contribution in [2.45, 2.75) is 6.42 Å². The Balaban J connectivity index is 1.70. The number of aromatic amines is 1. The zero-order valence-electron chi connectivity index (χ0n) is 12.8. The lowest BCUT2D eigenvalue weighted by molar-refractivity contribution is -0.115. The van der Waals surface area contributed by atoms with Crippen LogP contribution < -0.4 is 10.1 Å². The molecule has 1 amide bonds. The van der Waals surface area contributed by atoms with Crippen molar-refractivity contribution in [3.8, 4) is 17.3 Å². The lowest BCUT2D eigenvalue weighted by atomic mass is 10.1. The first-order valence-corrected chi connectivity index (χ1v) is 7.49. The number of anilines is 1. The number of H-pyrrole nitrogens is 1. The molecule has 0 radical (unpaired) electrons. The number of nitrogens with one attached hydrogen (secondary N) is 2. The summed E-state index contributed by atoms with van der Waals surface area (Å²) in [5.41, 5.74) is 1.32. The normalized spacial score (nSPS) is 10.4. The van der Waals surface area contributed by atoms with Crippen LogP contribution in [-0.4, -0.2) is 33.2 Å². The van der Waals surface area contributed by atoms with Crippen molar-refractivity contribution in [3.63, 3.8) is 0 Å². The second-order valence-electron chi connectivity index (χ2n) is 4.90. The molecule has 2 N–H and O–H groups in total. The highest BCUT2D eigenvalue weighted by Crippen LogP contribution is 2.23. The molecule has 24 heavy (non-hydrogen) atoms. The number of rotatable bonds is 5. The molecule has 1 aromatic carbocycles. The highest BCUT2D eigenvalue weighted by atomic mass is 35.5. The molecule has 0 fully saturated rings. The summed E-state index contributed by atoms with van der Waals surface area (Å²) in [6, 6.07) is 10.6. The van der Waals surface area contributed by atoms with Crippen LogP contribution in [0.3, 0.4) is 0 Å². The number of hydrogen-bond donors (Lipinski definition) is 2. The predicted molar refractivity (Wildman–Crippen MR) is 90.0 cm³/mol. The molecule has 0 unspecified atom stereocenters. The Kier molecular flexibility index (Phi) is 4.72. The molecule has 0 aliphatic heterocycles. The van der Waals surface area contributed by atoms with Crippen molar-refractivity contribution in [3.05, 3.63) is 53.2 Å². The van der Waals surface area contributed by atoms with E-state index in [0.29, 0.717) is 27.9 Å². The van der Waals surface area contributed by atoms with Crippen LogP contribution in [0.15, 0.2) is 42.6 Å². The van der Waals surface area contributed by atoms with E-state index in [2.05, 4.69) is 25.5 Å². The summed E-state index contributed by atoms with van der Waals surface area (Å²) in [4.78, 5) is 20.6. The maximum Gasteiger partial charge on any atom is 0.249 e. The monoisotopic (exact) mass is 343 g/mol. The van der Waals surface area contributed by atoms with Crippen molar-refractivity contribution in [2.24, 2.45) is 0 Å². The first-order valence-electron chi connectivity index (χ1n) is 7.12. The van der Waals surface area contributed by atoms with Gasteiger partial charge in [-0.1, -0.05) is 17.7 Å². The van der Waals surface area contributed by atoms with Gasteiger partial charge >= 0.3 is 0 Å². The van der Waals surface area contributed by atoms with Gasteiger partial charge in [-0.05, 0) is 30.3 Å². The molecule has 0 aliphatic carbocycles. The van der Waals surface area contributed by atoms with E-state index in [4.69, 9.17) is 16.3 Å². The fraction of sp³-hybridized carbons (Fsp3) is 0.125. The van der Waals surface area contributed by atoms with Crippen molar-refractivity contribution < 1.29 is 9.53 Å². The number of hydrogen-bond acceptors (Lipinski definition) is 5. The minimum Gasteiger partial charge on any atom is -0.496 e. The number of methoxy groups -OCH3 is 1. The third-order valence-electron chi connectivity index (χ3n) is 3.24. The second kappa shape index (κ2) is 7.10. The van der Waals surface area contributed by atoms with E-state index in [1.54, 1.807) is 43.6 Å². The number of aromatic nitrogens is 4. The summed E-state index contributed by atoms with van der Waals surface area (Å²) in [6.45, 7) is 0. The number of nitrogens with zero attached hydrogens (tertiary/aromatic N) is 3. The van der Waals surface area contributed by atoms with E-state index < -0.39 is 0 Å². The number of benzene rings is 1. The van der Waals surface area contributed by atoms with Crippen LogP contribution in [0, 0.1) is 0 Å². The maximum absolute atomic E-state index is 12.2. The van der Waals surface area contributed by atoms with E-state index in [1.807, 2.05) is 6.07 Å². The molecule has 0 bridgehead atoms. The van der Waals surface area contributed by atoms with E-state index in [-0.39, 0.29) is 18.3 Å². The van der Waals surface area contributed by atoms with Crippen molar-refractivity contribution in [2.75, 3.05) is 12.4 Å². The van der Waals surface area contributed by atoms with E-state index in [9.17, 15) is 4.79 Å². The van der Waals surface area contributed by atoms with Gasteiger partial charge < -0.3 is 4.74 Å². The Bertz CT molecular complexity index is 851. The summed E-state index contributed by atoms with van der Waals surface area (Å²) < 4.78 is 5.23. The van der Waals surface area contributed by atoms with Gasteiger partial charge in [0.05, 0.1) is 13.5 Å². The van der Waals surface area contributed by atoms with Crippen LogP contribution in [0.2, 0.25) is 5.02 Å². The predicted octanol–water partition coefficient (Wildman–Crippen LogP) is 2.71. The van der Waals surface area contributed by atoms with Crippen LogP contribution in [0.4, 0.5) is 5.95 Å². The quantitative estimate of drug-likeness (QED) is 0.743. The Labute approximate surface area is 143 Å². The fourth-order valence-corrected chi connectivity index (χ4v) is 2.36. The van der Waals surface area contributed by atoms with Gasteiger partial charge in [0.1, 0.15) is 11.4 Å². The van der Waals surface area contributed by atoms with Gasteiger partial charge in [-0.15, -0.1) is 5.10 Å². The van der Waals surface area contributed by atoms with Gasteiger partial charge in [0.25, 0.3) is 0 Å². The number of carbonyl (C=O) groups is 1. The van der Waals surface area contributed by atoms with Gasteiger partial charge in [-0.3, -0.25) is 20.2 Å². The minimum absolute atomic E-state index is 0.0944. The molecule has 0 aliphatic rings. The Morgan fingerprint density at radius 2 is 2.21 bits per heavy atom. The first-order chi connectivity index (χ1) is 11.7. The molecule has 8 heteroatoms. The summed E-state index contributed by atoms with van der Waals surface area (Å²) in [6.07, 6.45) is 1.75. The zero-order valence-corrected chi connectivity index (χ0v) is 13.5. The molecule has 3 rings (SSSR count). The smallest absolute Gasteiger partial charge is 0.249 e. The molecule has 122 valence electrons. The lowest BCUT2D eigenvalue weighted by Gasteiger charge is -2.08. The van der Waals surface area contributed by atoms with E-state index in [1.165, 1.54) is 0 Å². The van der Waals surface area contributed by atoms with E-state index in [0.717, 1.165) is 0 Å². The number of amides is 1. The Morgan fingerprint density at radius 1 is 1.33 bits per heavy atom. The summed E-state index contributed by atoms with van der Waals surface area (Å²) >= 11 is 5.96. The highest BCUT2D eigenvalue weighted by Gasteiger charge is 2.13. The molecule has 3 aromatic rings.